The third-order valence-corrected chi connectivity index (χ3v) is 3.91. The van der Waals surface area contributed by atoms with Gasteiger partial charge in [-0.2, -0.15) is 0 Å². The minimum Gasteiger partial charge on any atom is -0.492 e. The zero-order chi connectivity index (χ0) is 17.9. The van der Waals surface area contributed by atoms with Crippen molar-refractivity contribution in [3.63, 3.8) is 0 Å². The Morgan fingerprint density at radius 2 is 2.08 bits per heavy atom. The summed E-state index contributed by atoms with van der Waals surface area (Å²) >= 11 is 11.9. The Morgan fingerprint density at radius 1 is 1.38 bits per heavy atom. The van der Waals surface area contributed by atoms with E-state index in [1.807, 2.05) is 0 Å². The SMILES string of the molecule is CCOCC(=O)c1nc(-c2ccc(Cl)c(OC)c2F)cc(N)c1Cl. The molecule has 0 aliphatic carbocycles. The summed E-state index contributed by atoms with van der Waals surface area (Å²) in [6, 6.07) is 4.27. The van der Waals surface area contributed by atoms with Gasteiger partial charge in [0.25, 0.3) is 0 Å². The zero-order valence-corrected chi connectivity index (χ0v) is 14.5. The maximum absolute atomic E-state index is 14.6. The Labute approximate surface area is 148 Å². The quantitative estimate of drug-likeness (QED) is 0.775. The number of rotatable bonds is 6. The van der Waals surface area contributed by atoms with Crippen molar-refractivity contribution < 1.29 is 18.7 Å². The molecule has 0 saturated carbocycles. The Bertz CT molecular complexity index is 784. The number of carbonyl (C=O) groups excluding carboxylic acids is 1. The average molecular weight is 373 g/mol. The Balaban J connectivity index is 2.57. The number of ketones is 1. The number of ether oxygens (including phenoxy) is 2. The lowest BCUT2D eigenvalue weighted by Crippen LogP contribution is -2.13. The summed E-state index contributed by atoms with van der Waals surface area (Å²) in [5.41, 5.74) is 6.09. The predicted molar refractivity (Wildman–Crippen MR) is 91.4 cm³/mol. The second kappa shape index (κ2) is 7.79. The van der Waals surface area contributed by atoms with E-state index < -0.39 is 11.6 Å². The molecule has 0 amide bonds. The molecule has 0 fully saturated rings. The second-order valence-corrected chi connectivity index (χ2v) is 5.55. The van der Waals surface area contributed by atoms with Crippen LogP contribution in [0.2, 0.25) is 10.0 Å². The Kier molecular flexibility index (Phi) is 5.99. The van der Waals surface area contributed by atoms with Crippen LogP contribution in [0.4, 0.5) is 10.1 Å². The van der Waals surface area contributed by atoms with Crippen molar-refractivity contribution in [2.24, 2.45) is 0 Å². The number of nitrogens with two attached hydrogens (primary N) is 1. The van der Waals surface area contributed by atoms with E-state index in [-0.39, 0.29) is 45.0 Å². The minimum absolute atomic E-state index is 0.00443. The van der Waals surface area contributed by atoms with Crippen molar-refractivity contribution in [2.45, 2.75) is 6.92 Å². The molecule has 1 aromatic heterocycles. The number of pyridine rings is 1. The molecule has 8 heteroatoms. The van der Waals surface area contributed by atoms with Gasteiger partial charge in [0, 0.05) is 12.2 Å². The van der Waals surface area contributed by atoms with Gasteiger partial charge in [0.1, 0.15) is 12.3 Å². The molecule has 1 heterocycles. The van der Waals surface area contributed by atoms with Crippen LogP contribution in [-0.2, 0) is 4.74 Å². The van der Waals surface area contributed by atoms with Crippen molar-refractivity contribution in [2.75, 3.05) is 26.1 Å². The molecule has 128 valence electrons. The van der Waals surface area contributed by atoms with Crippen LogP contribution in [-0.4, -0.2) is 31.1 Å². The third-order valence-electron chi connectivity index (χ3n) is 3.22. The fourth-order valence-corrected chi connectivity index (χ4v) is 2.48. The average Bonchev–Trinajstić information content (AvgIpc) is 2.55. The van der Waals surface area contributed by atoms with E-state index in [4.69, 9.17) is 38.4 Å². The molecule has 2 rings (SSSR count). The standard InChI is InChI=1S/C16H15Cl2FN2O3/c1-3-24-7-12(22)15-13(18)10(20)6-11(21-15)8-4-5-9(17)16(23-2)14(8)19/h4-6H,3,7H2,1-2H3,(H2,20,21). The van der Waals surface area contributed by atoms with Crippen LogP contribution in [0.3, 0.4) is 0 Å². The number of hydrogen-bond acceptors (Lipinski definition) is 5. The molecule has 0 aliphatic rings. The number of halogens is 3. The normalized spacial score (nSPS) is 10.7. The van der Waals surface area contributed by atoms with Gasteiger partial charge < -0.3 is 15.2 Å². The van der Waals surface area contributed by atoms with E-state index in [1.54, 1.807) is 6.92 Å². The van der Waals surface area contributed by atoms with E-state index in [2.05, 4.69) is 4.98 Å². The summed E-state index contributed by atoms with van der Waals surface area (Å²) in [5, 5.41) is 0.123. The molecule has 2 N–H and O–H groups in total. The first kappa shape index (κ1) is 18.4. The van der Waals surface area contributed by atoms with E-state index in [0.717, 1.165) is 0 Å². The number of nitrogen functional groups attached to an aromatic ring is 1. The van der Waals surface area contributed by atoms with E-state index >= 15 is 0 Å². The number of Topliss-reactive ketones (excluding diaryl/α,β-unsaturated/α-hetero) is 1. The van der Waals surface area contributed by atoms with Gasteiger partial charge >= 0.3 is 0 Å². The highest BCUT2D eigenvalue weighted by molar-refractivity contribution is 6.36. The largest absolute Gasteiger partial charge is 0.492 e. The molecule has 2 aromatic rings. The molecule has 0 spiro atoms. The summed E-state index contributed by atoms with van der Waals surface area (Å²) in [6.07, 6.45) is 0. The van der Waals surface area contributed by atoms with Gasteiger partial charge in [-0.05, 0) is 25.1 Å². The summed E-state index contributed by atoms with van der Waals surface area (Å²) in [7, 11) is 1.30. The predicted octanol–water partition coefficient (Wildman–Crippen LogP) is 4.00. The molecule has 0 atom stereocenters. The first-order valence-electron chi connectivity index (χ1n) is 7.00. The molecule has 0 saturated heterocycles. The molecular weight excluding hydrogens is 358 g/mol. The summed E-state index contributed by atoms with van der Waals surface area (Å²) in [4.78, 5) is 16.3. The van der Waals surface area contributed by atoms with E-state index in [1.165, 1.54) is 25.3 Å². The lowest BCUT2D eigenvalue weighted by molar-refractivity contribution is 0.0778. The maximum atomic E-state index is 14.6. The van der Waals surface area contributed by atoms with E-state index in [0.29, 0.717) is 6.61 Å². The monoisotopic (exact) mass is 372 g/mol. The molecule has 1 aromatic carbocycles. The highest BCUT2D eigenvalue weighted by atomic mass is 35.5. The molecule has 0 radical (unpaired) electrons. The van der Waals surface area contributed by atoms with Gasteiger partial charge in [0.05, 0.1) is 28.5 Å². The van der Waals surface area contributed by atoms with Gasteiger partial charge in [-0.1, -0.05) is 23.2 Å². The van der Waals surface area contributed by atoms with Crippen molar-refractivity contribution >= 4 is 34.7 Å². The van der Waals surface area contributed by atoms with Crippen LogP contribution in [0.25, 0.3) is 11.3 Å². The van der Waals surface area contributed by atoms with Gasteiger partial charge in [-0.3, -0.25) is 4.79 Å². The number of nitrogens with zero attached hydrogens (tertiary/aromatic N) is 1. The van der Waals surface area contributed by atoms with Gasteiger partial charge in [-0.15, -0.1) is 0 Å². The third kappa shape index (κ3) is 3.61. The van der Waals surface area contributed by atoms with Crippen molar-refractivity contribution in [3.05, 3.63) is 39.8 Å². The van der Waals surface area contributed by atoms with Crippen LogP contribution in [0.1, 0.15) is 17.4 Å². The highest BCUT2D eigenvalue weighted by Crippen LogP contribution is 2.36. The number of methoxy groups -OCH3 is 1. The number of hydrogen-bond donors (Lipinski definition) is 1. The van der Waals surface area contributed by atoms with Crippen LogP contribution in [0, 0.1) is 5.82 Å². The van der Waals surface area contributed by atoms with Crippen LogP contribution < -0.4 is 10.5 Å². The number of anilines is 1. The first-order chi connectivity index (χ1) is 11.4. The van der Waals surface area contributed by atoms with Crippen molar-refractivity contribution in [1.82, 2.24) is 4.98 Å². The summed E-state index contributed by atoms with van der Waals surface area (Å²) < 4.78 is 24.6. The second-order valence-electron chi connectivity index (χ2n) is 4.76. The van der Waals surface area contributed by atoms with Crippen molar-refractivity contribution in [1.29, 1.82) is 0 Å². The van der Waals surface area contributed by atoms with Crippen molar-refractivity contribution in [3.8, 4) is 17.0 Å². The van der Waals surface area contributed by atoms with Crippen LogP contribution in [0.5, 0.6) is 5.75 Å². The smallest absolute Gasteiger partial charge is 0.208 e. The zero-order valence-electron chi connectivity index (χ0n) is 13.0. The van der Waals surface area contributed by atoms with Gasteiger partial charge in [-0.25, -0.2) is 9.37 Å². The first-order valence-corrected chi connectivity index (χ1v) is 7.75. The molecule has 0 unspecified atom stereocenters. The van der Waals surface area contributed by atoms with E-state index in [9.17, 15) is 9.18 Å². The number of aromatic nitrogens is 1. The minimum atomic E-state index is -0.706. The van der Waals surface area contributed by atoms with Gasteiger partial charge in [0.15, 0.2) is 11.6 Å². The molecule has 0 bridgehead atoms. The Hall–Kier alpha value is -1.89. The van der Waals surface area contributed by atoms with Crippen LogP contribution in [0.15, 0.2) is 18.2 Å². The fraction of sp³-hybridized carbons (Fsp3) is 0.250. The number of carbonyl (C=O) groups is 1. The molecular formula is C16H15Cl2FN2O3. The van der Waals surface area contributed by atoms with Crippen LogP contribution >= 0.6 is 23.2 Å². The topological polar surface area (TPSA) is 74.4 Å². The molecule has 5 nitrogen and oxygen atoms in total. The summed E-state index contributed by atoms with van der Waals surface area (Å²) in [5.74, 6) is -1.27. The summed E-state index contributed by atoms with van der Waals surface area (Å²) in [6.45, 7) is 1.92. The lowest BCUT2D eigenvalue weighted by atomic mass is 10.1. The lowest BCUT2D eigenvalue weighted by Gasteiger charge is -2.12. The molecule has 0 aliphatic heterocycles. The maximum Gasteiger partial charge on any atom is 0.208 e. The molecule has 24 heavy (non-hydrogen) atoms. The number of benzene rings is 1. The van der Waals surface area contributed by atoms with Gasteiger partial charge in [0.2, 0.25) is 5.78 Å². The Morgan fingerprint density at radius 3 is 2.71 bits per heavy atom. The fourth-order valence-electron chi connectivity index (χ4n) is 2.05. The highest BCUT2D eigenvalue weighted by Gasteiger charge is 2.20.